The Bertz CT molecular complexity index is 486. The van der Waals surface area contributed by atoms with Gasteiger partial charge in [-0.1, -0.05) is 13.3 Å². The summed E-state index contributed by atoms with van der Waals surface area (Å²) < 4.78 is 0. The van der Waals surface area contributed by atoms with Gasteiger partial charge in [-0.15, -0.1) is 0 Å². The van der Waals surface area contributed by atoms with E-state index in [1.165, 1.54) is 6.33 Å². The van der Waals surface area contributed by atoms with Crippen molar-refractivity contribution in [1.82, 2.24) is 9.97 Å². The molecule has 1 heterocycles. The first-order valence-electron chi connectivity index (χ1n) is 6.24. The Hall–Kier alpha value is -2.05. The Morgan fingerprint density at radius 1 is 1.53 bits per heavy atom. The second-order valence-corrected chi connectivity index (χ2v) is 4.71. The van der Waals surface area contributed by atoms with Crippen molar-refractivity contribution in [3.63, 3.8) is 0 Å². The van der Waals surface area contributed by atoms with Gasteiger partial charge in [0.05, 0.1) is 12.2 Å². The van der Waals surface area contributed by atoms with Crippen LogP contribution >= 0.6 is 0 Å². The summed E-state index contributed by atoms with van der Waals surface area (Å²) in [6.45, 7) is 3.63. The molecular weight excluding hydrogens is 248 g/mol. The second-order valence-electron chi connectivity index (χ2n) is 4.71. The minimum absolute atomic E-state index is 0.0632. The van der Waals surface area contributed by atoms with Gasteiger partial charge in [0.2, 0.25) is 0 Å². The van der Waals surface area contributed by atoms with Gasteiger partial charge in [-0.2, -0.15) is 0 Å². The van der Waals surface area contributed by atoms with Crippen LogP contribution in [0.2, 0.25) is 0 Å². The van der Waals surface area contributed by atoms with Gasteiger partial charge in [0, 0.05) is 6.04 Å². The molecule has 0 bridgehead atoms. The van der Waals surface area contributed by atoms with E-state index in [9.17, 15) is 9.59 Å². The van der Waals surface area contributed by atoms with Crippen LogP contribution in [0.15, 0.2) is 11.1 Å². The molecule has 19 heavy (non-hydrogen) atoms. The van der Waals surface area contributed by atoms with Crippen LogP contribution in [-0.2, 0) is 4.79 Å². The molecule has 0 aliphatic heterocycles. The number of carboxylic acid groups (broad SMARTS) is 1. The number of aliphatic carboxylic acids is 1. The maximum atomic E-state index is 11.3. The van der Waals surface area contributed by atoms with Crippen LogP contribution in [0.3, 0.4) is 0 Å². The number of carbonyl (C=O) groups is 1. The SMILES string of the molecule is CC(CCCC(C)C(=O)O)Nc1nc[nH]c(=O)c1N. The highest BCUT2D eigenvalue weighted by atomic mass is 16.4. The standard InChI is InChI=1S/C12H20N4O3/c1-7(12(18)19)4-3-5-8(2)16-10-9(13)11(17)15-6-14-10/h6-8H,3-5,13H2,1-2H3,(H,18,19)(H2,14,15,16,17). The van der Waals surface area contributed by atoms with Crippen molar-refractivity contribution in [2.24, 2.45) is 5.92 Å². The number of anilines is 2. The molecule has 2 atom stereocenters. The minimum Gasteiger partial charge on any atom is -0.481 e. The molecule has 0 aromatic carbocycles. The molecule has 7 nitrogen and oxygen atoms in total. The van der Waals surface area contributed by atoms with E-state index in [1.54, 1.807) is 6.92 Å². The number of aromatic nitrogens is 2. The van der Waals surface area contributed by atoms with Crippen molar-refractivity contribution in [2.75, 3.05) is 11.1 Å². The van der Waals surface area contributed by atoms with Crippen molar-refractivity contribution in [3.8, 4) is 0 Å². The first-order chi connectivity index (χ1) is 8.91. The largest absolute Gasteiger partial charge is 0.481 e. The quantitative estimate of drug-likeness (QED) is 0.586. The topological polar surface area (TPSA) is 121 Å². The van der Waals surface area contributed by atoms with Gasteiger partial charge < -0.3 is 21.1 Å². The first kappa shape index (κ1) is 15.0. The predicted molar refractivity (Wildman–Crippen MR) is 73.0 cm³/mol. The number of hydrogen-bond acceptors (Lipinski definition) is 5. The Labute approximate surface area is 111 Å². The lowest BCUT2D eigenvalue weighted by Gasteiger charge is -2.15. The molecule has 0 aliphatic rings. The molecule has 0 fully saturated rings. The molecule has 0 amide bonds. The second kappa shape index (κ2) is 6.77. The van der Waals surface area contributed by atoms with Gasteiger partial charge in [0.1, 0.15) is 5.69 Å². The van der Waals surface area contributed by atoms with Crippen molar-refractivity contribution < 1.29 is 9.90 Å². The first-order valence-corrected chi connectivity index (χ1v) is 6.24. The summed E-state index contributed by atoms with van der Waals surface area (Å²) in [5.74, 6) is -0.751. The molecule has 0 aliphatic carbocycles. The normalized spacial score (nSPS) is 13.8. The van der Waals surface area contributed by atoms with Crippen molar-refractivity contribution in [3.05, 3.63) is 16.7 Å². The Morgan fingerprint density at radius 2 is 2.21 bits per heavy atom. The molecular formula is C12H20N4O3. The van der Waals surface area contributed by atoms with Crippen LogP contribution in [0.25, 0.3) is 0 Å². The molecule has 0 spiro atoms. The molecule has 0 saturated heterocycles. The lowest BCUT2D eigenvalue weighted by atomic mass is 10.0. The van der Waals surface area contributed by atoms with Gasteiger partial charge in [0.15, 0.2) is 5.82 Å². The van der Waals surface area contributed by atoms with E-state index in [0.717, 1.165) is 12.8 Å². The number of nitrogens with one attached hydrogen (secondary N) is 2. The van der Waals surface area contributed by atoms with Crippen LogP contribution < -0.4 is 16.6 Å². The van der Waals surface area contributed by atoms with E-state index >= 15 is 0 Å². The van der Waals surface area contributed by atoms with E-state index < -0.39 is 5.97 Å². The summed E-state index contributed by atoms with van der Waals surface area (Å²) >= 11 is 0. The zero-order chi connectivity index (χ0) is 14.4. The monoisotopic (exact) mass is 268 g/mol. The number of hydrogen-bond donors (Lipinski definition) is 4. The number of aromatic amines is 1. The molecule has 5 N–H and O–H groups in total. The summed E-state index contributed by atoms with van der Waals surface area (Å²) in [4.78, 5) is 28.3. The number of nitrogens with two attached hydrogens (primary N) is 1. The fourth-order valence-electron chi connectivity index (χ4n) is 1.68. The van der Waals surface area contributed by atoms with Crippen LogP contribution in [0.5, 0.6) is 0 Å². The number of nitrogens with zero attached hydrogens (tertiary/aromatic N) is 1. The number of carboxylic acids is 1. The summed E-state index contributed by atoms with van der Waals surface area (Å²) in [6, 6.07) is 0.0672. The Balaban J connectivity index is 2.43. The van der Waals surface area contributed by atoms with Crippen molar-refractivity contribution in [2.45, 2.75) is 39.2 Å². The predicted octanol–water partition coefficient (Wildman–Crippen LogP) is 1.04. The van der Waals surface area contributed by atoms with Crippen molar-refractivity contribution >= 4 is 17.5 Å². The van der Waals surface area contributed by atoms with Crippen LogP contribution in [-0.4, -0.2) is 27.1 Å². The van der Waals surface area contributed by atoms with E-state index in [-0.39, 0.29) is 23.2 Å². The average Bonchev–Trinajstić information content (AvgIpc) is 2.34. The zero-order valence-electron chi connectivity index (χ0n) is 11.1. The summed E-state index contributed by atoms with van der Waals surface area (Å²) in [6.07, 6.45) is 3.48. The molecule has 1 aromatic rings. The van der Waals surface area contributed by atoms with Crippen LogP contribution in [0.4, 0.5) is 11.5 Å². The Morgan fingerprint density at radius 3 is 2.84 bits per heavy atom. The van der Waals surface area contributed by atoms with E-state index in [1.807, 2.05) is 6.92 Å². The molecule has 7 heteroatoms. The lowest BCUT2D eigenvalue weighted by molar-refractivity contribution is -0.141. The third-order valence-electron chi connectivity index (χ3n) is 2.97. The number of nitrogen functional groups attached to an aromatic ring is 1. The highest BCUT2D eigenvalue weighted by Gasteiger charge is 2.12. The molecule has 0 radical (unpaired) electrons. The van der Waals surface area contributed by atoms with Gasteiger partial charge in [0.25, 0.3) is 5.56 Å². The highest BCUT2D eigenvalue weighted by Crippen LogP contribution is 2.14. The van der Waals surface area contributed by atoms with E-state index in [2.05, 4.69) is 15.3 Å². The van der Waals surface area contributed by atoms with Gasteiger partial charge in [-0.3, -0.25) is 9.59 Å². The molecule has 1 rings (SSSR count). The number of H-pyrrole nitrogens is 1. The molecule has 0 saturated carbocycles. The maximum Gasteiger partial charge on any atom is 0.306 e. The lowest BCUT2D eigenvalue weighted by Crippen LogP contribution is -2.22. The smallest absolute Gasteiger partial charge is 0.306 e. The van der Waals surface area contributed by atoms with Gasteiger partial charge in [-0.05, 0) is 19.8 Å². The van der Waals surface area contributed by atoms with Crippen LogP contribution in [0, 0.1) is 5.92 Å². The number of rotatable bonds is 7. The van der Waals surface area contributed by atoms with E-state index in [4.69, 9.17) is 10.8 Å². The van der Waals surface area contributed by atoms with Crippen LogP contribution in [0.1, 0.15) is 33.1 Å². The van der Waals surface area contributed by atoms with Gasteiger partial charge >= 0.3 is 5.97 Å². The zero-order valence-corrected chi connectivity index (χ0v) is 11.1. The third-order valence-corrected chi connectivity index (χ3v) is 2.97. The minimum atomic E-state index is -0.777. The molecule has 106 valence electrons. The fraction of sp³-hybridized carbons (Fsp3) is 0.583. The fourth-order valence-corrected chi connectivity index (χ4v) is 1.68. The summed E-state index contributed by atoms with van der Waals surface area (Å²) in [5.41, 5.74) is 5.29. The molecule has 1 aromatic heterocycles. The van der Waals surface area contributed by atoms with E-state index in [0.29, 0.717) is 12.2 Å². The summed E-state index contributed by atoms with van der Waals surface area (Å²) in [7, 11) is 0. The maximum absolute atomic E-state index is 11.3. The summed E-state index contributed by atoms with van der Waals surface area (Å²) in [5, 5.41) is 11.8. The molecule has 2 unspecified atom stereocenters. The third kappa shape index (κ3) is 4.61. The Kier molecular flexibility index (Phi) is 5.35. The highest BCUT2D eigenvalue weighted by molar-refractivity contribution is 5.69. The average molecular weight is 268 g/mol. The van der Waals surface area contributed by atoms with Crippen molar-refractivity contribution in [1.29, 1.82) is 0 Å². The van der Waals surface area contributed by atoms with Gasteiger partial charge in [-0.25, -0.2) is 4.98 Å².